The minimum atomic E-state index is -0.589. The molecule has 1 amide bonds. The number of rotatable bonds is 5. The molecule has 2 heterocycles. The van der Waals surface area contributed by atoms with Gasteiger partial charge >= 0.3 is 0 Å². The monoisotopic (exact) mass is 310 g/mol. The highest BCUT2D eigenvalue weighted by Gasteiger charge is 2.17. The minimum absolute atomic E-state index is 0.184. The maximum atomic E-state index is 12.4. The largest absolute Gasteiger partial charge is 0.388 e. The molecule has 118 valence electrons. The number of hydrogen-bond acceptors (Lipinski definition) is 4. The molecule has 0 radical (unpaired) electrons. The van der Waals surface area contributed by atoms with Crippen LogP contribution in [0.3, 0.4) is 0 Å². The number of carbonyl (C=O) groups is 1. The van der Waals surface area contributed by atoms with Crippen LogP contribution >= 0.6 is 0 Å². The van der Waals surface area contributed by atoms with Crippen LogP contribution in [0, 0.1) is 0 Å². The Labute approximate surface area is 134 Å². The van der Waals surface area contributed by atoms with Gasteiger partial charge in [0.05, 0.1) is 6.10 Å². The Morgan fingerprint density at radius 1 is 1.30 bits per heavy atom. The van der Waals surface area contributed by atoms with Crippen molar-refractivity contribution in [2.24, 2.45) is 0 Å². The number of benzene rings is 1. The molecule has 0 aliphatic heterocycles. The lowest BCUT2D eigenvalue weighted by molar-refractivity contribution is 0.0755. The lowest BCUT2D eigenvalue weighted by atomic mass is 10.1. The van der Waals surface area contributed by atoms with E-state index in [2.05, 4.69) is 10.1 Å². The highest BCUT2D eigenvalue weighted by Crippen LogP contribution is 2.16. The van der Waals surface area contributed by atoms with Crippen molar-refractivity contribution in [2.75, 3.05) is 13.6 Å². The number of fused-ring (bicyclic) bond motifs is 1. The molecule has 6 nitrogen and oxygen atoms in total. The van der Waals surface area contributed by atoms with E-state index in [0.717, 1.165) is 5.56 Å². The van der Waals surface area contributed by atoms with Crippen molar-refractivity contribution in [3.63, 3.8) is 0 Å². The summed E-state index contributed by atoms with van der Waals surface area (Å²) in [5.74, 6) is -0.184. The molecule has 2 aromatic heterocycles. The van der Waals surface area contributed by atoms with Gasteiger partial charge in [-0.05, 0) is 18.1 Å². The minimum Gasteiger partial charge on any atom is -0.388 e. The van der Waals surface area contributed by atoms with Crippen molar-refractivity contribution in [2.45, 2.75) is 12.5 Å². The zero-order valence-corrected chi connectivity index (χ0v) is 12.8. The summed E-state index contributed by atoms with van der Waals surface area (Å²) in [6, 6.07) is 12.8. The zero-order chi connectivity index (χ0) is 16.2. The first-order chi connectivity index (χ1) is 11.1. The maximum absolute atomic E-state index is 12.4. The van der Waals surface area contributed by atoms with Gasteiger partial charge < -0.3 is 10.0 Å². The fraction of sp³-hybridized carbons (Fsp3) is 0.235. The van der Waals surface area contributed by atoms with Gasteiger partial charge in [0.1, 0.15) is 0 Å². The van der Waals surface area contributed by atoms with E-state index in [1.54, 1.807) is 41.0 Å². The predicted octanol–water partition coefficient (Wildman–Crippen LogP) is 1.92. The Hall–Kier alpha value is -2.73. The van der Waals surface area contributed by atoms with Crippen molar-refractivity contribution >= 4 is 11.6 Å². The molecule has 3 aromatic rings. The van der Waals surface area contributed by atoms with E-state index in [4.69, 9.17) is 0 Å². The first-order valence-corrected chi connectivity index (χ1v) is 7.44. The second-order valence-electron chi connectivity index (χ2n) is 5.39. The zero-order valence-electron chi connectivity index (χ0n) is 12.8. The molecular weight excluding hydrogens is 292 g/mol. The summed E-state index contributed by atoms with van der Waals surface area (Å²) in [5.41, 5.74) is 1.83. The first-order valence-electron chi connectivity index (χ1n) is 7.44. The van der Waals surface area contributed by atoms with Crippen molar-refractivity contribution in [1.82, 2.24) is 19.5 Å². The van der Waals surface area contributed by atoms with E-state index in [1.165, 1.54) is 0 Å². The normalized spacial score (nSPS) is 12.3. The summed E-state index contributed by atoms with van der Waals surface area (Å²) in [7, 11) is 1.71. The fourth-order valence-corrected chi connectivity index (χ4v) is 2.39. The van der Waals surface area contributed by atoms with Crippen LogP contribution in [0.25, 0.3) is 5.65 Å². The SMILES string of the molecule is CN(CC[C@H](O)c1ccccc1)C(=O)c1cc2ncccn2n1. The van der Waals surface area contributed by atoms with Crippen LogP contribution < -0.4 is 0 Å². The van der Waals surface area contributed by atoms with Crippen molar-refractivity contribution in [3.8, 4) is 0 Å². The second kappa shape index (κ2) is 6.58. The molecule has 0 saturated heterocycles. The summed E-state index contributed by atoms with van der Waals surface area (Å²) >= 11 is 0. The standard InChI is InChI=1S/C17H18N4O2/c1-20(11-8-15(22)13-6-3-2-4-7-13)17(23)14-12-16-18-9-5-10-21(16)19-14/h2-7,9-10,12,15,22H,8,11H2,1H3/t15-/m0/s1. The molecule has 0 bridgehead atoms. The summed E-state index contributed by atoms with van der Waals surface area (Å²) in [5, 5.41) is 14.4. The molecule has 1 atom stereocenters. The van der Waals surface area contributed by atoms with E-state index in [9.17, 15) is 9.90 Å². The highest BCUT2D eigenvalue weighted by atomic mass is 16.3. The van der Waals surface area contributed by atoms with Crippen molar-refractivity contribution < 1.29 is 9.90 Å². The van der Waals surface area contributed by atoms with Gasteiger partial charge in [-0.3, -0.25) is 4.79 Å². The maximum Gasteiger partial charge on any atom is 0.274 e. The molecule has 0 aliphatic carbocycles. The second-order valence-corrected chi connectivity index (χ2v) is 5.39. The van der Waals surface area contributed by atoms with Crippen LogP contribution in [-0.2, 0) is 0 Å². The van der Waals surface area contributed by atoms with Crippen molar-refractivity contribution in [1.29, 1.82) is 0 Å². The number of hydrogen-bond donors (Lipinski definition) is 1. The third-order valence-corrected chi connectivity index (χ3v) is 3.72. The number of amides is 1. The lowest BCUT2D eigenvalue weighted by Crippen LogP contribution is -2.29. The van der Waals surface area contributed by atoms with Crippen LogP contribution in [-0.4, -0.2) is 44.1 Å². The quantitative estimate of drug-likeness (QED) is 0.781. The van der Waals surface area contributed by atoms with Crippen LogP contribution in [0.15, 0.2) is 54.9 Å². The molecule has 3 rings (SSSR count). The topological polar surface area (TPSA) is 70.7 Å². The molecule has 6 heteroatoms. The van der Waals surface area contributed by atoms with Crippen LogP contribution in [0.1, 0.15) is 28.6 Å². The Bertz CT molecular complexity index is 767. The third kappa shape index (κ3) is 3.37. The summed E-state index contributed by atoms with van der Waals surface area (Å²) < 4.78 is 1.57. The van der Waals surface area contributed by atoms with Crippen LogP contribution in [0.5, 0.6) is 0 Å². The van der Waals surface area contributed by atoms with E-state index in [1.807, 2.05) is 30.3 Å². The number of aliphatic hydroxyl groups is 1. The summed E-state index contributed by atoms with van der Waals surface area (Å²) in [6.45, 7) is 0.441. The third-order valence-electron chi connectivity index (χ3n) is 3.72. The molecule has 0 aliphatic rings. The van der Waals surface area contributed by atoms with Crippen LogP contribution in [0.2, 0.25) is 0 Å². The van der Waals surface area contributed by atoms with Gasteiger partial charge in [-0.15, -0.1) is 0 Å². The number of aliphatic hydroxyl groups excluding tert-OH is 1. The highest BCUT2D eigenvalue weighted by molar-refractivity contribution is 5.93. The van der Waals surface area contributed by atoms with E-state index >= 15 is 0 Å². The molecule has 0 unspecified atom stereocenters. The van der Waals surface area contributed by atoms with E-state index < -0.39 is 6.10 Å². The van der Waals surface area contributed by atoms with E-state index in [-0.39, 0.29) is 5.91 Å². The summed E-state index contributed by atoms with van der Waals surface area (Å²) in [4.78, 5) is 18.1. The Balaban J connectivity index is 1.63. The summed E-state index contributed by atoms with van der Waals surface area (Å²) in [6.07, 6.45) is 3.29. The molecule has 23 heavy (non-hydrogen) atoms. The predicted molar refractivity (Wildman–Crippen MR) is 86.0 cm³/mol. The van der Waals surface area contributed by atoms with Gasteiger partial charge in [0.2, 0.25) is 0 Å². The number of nitrogens with zero attached hydrogens (tertiary/aromatic N) is 4. The molecule has 1 N–H and O–H groups in total. The molecule has 0 saturated carbocycles. The van der Waals surface area contributed by atoms with Gasteiger partial charge in [0.15, 0.2) is 11.3 Å². The Morgan fingerprint density at radius 3 is 2.83 bits per heavy atom. The van der Waals surface area contributed by atoms with Gasteiger partial charge in [-0.2, -0.15) is 5.10 Å². The molecular formula is C17H18N4O2. The van der Waals surface area contributed by atoms with Crippen LogP contribution in [0.4, 0.5) is 0 Å². The fourth-order valence-electron chi connectivity index (χ4n) is 2.39. The smallest absolute Gasteiger partial charge is 0.274 e. The van der Waals surface area contributed by atoms with Gasteiger partial charge in [-0.1, -0.05) is 30.3 Å². The molecule has 0 fully saturated rings. The number of carbonyl (C=O) groups excluding carboxylic acids is 1. The lowest BCUT2D eigenvalue weighted by Gasteiger charge is -2.18. The van der Waals surface area contributed by atoms with E-state index in [0.29, 0.717) is 24.3 Å². The van der Waals surface area contributed by atoms with Gasteiger partial charge in [-0.25, -0.2) is 9.50 Å². The average molecular weight is 310 g/mol. The van der Waals surface area contributed by atoms with Crippen molar-refractivity contribution in [3.05, 3.63) is 66.1 Å². The number of aromatic nitrogens is 3. The first kappa shape index (κ1) is 15.2. The Kier molecular flexibility index (Phi) is 4.34. The molecule has 1 aromatic carbocycles. The van der Waals surface area contributed by atoms with Gasteiger partial charge in [0.25, 0.3) is 5.91 Å². The molecule has 0 spiro atoms. The van der Waals surface area contributed by atoms with Gasteiger partial charge in [0, 0.05) is 32.1 Å². The Morgan fingerprint density at radius 2 is 2.09 bits per heavy atom. The average Bonchev–Trinajstić information content (AvgIpc) is 3.03.